The summed E-state index contributed by atoms with van der Waals surface area (Å²) in [5.41, 5.74) is -0.611. The van der Waals surface area contributed by atoms with Gasteiger partial charge in [-0.25, -0.2) is 4.79 Å². The number of ether oxygens (including phenoxy) is 8. The minimum absolute atomic E-state index is 0.0421. The summed E-state index contributed by atoms with van der Waals surface area (Å²) in [5.74, 6) is -4.40. The summed E-state index contributed by atoms with van der Waals surface area (Å²) >= 11 is 0. The number of carbonyl (C=O) groups excluding carboxylic acids is 1. The van der Waals surface area contributed by atoms with Crippen molar-refractivity contribution in [1.29, 1.82) is 0 Å². The molecule has 0 unspecified atom stereocenters. The van der Waals surface area contributed by atoms with Crippen LogP contribution in [0.4, 0.5) is 0 Å². The number of aliphatic carboxylic acids is 1. The molecule has 14 heteroatoms. The van der Waals surface area contributed by atoms with Crippen LogP contribution in [0, 0.1) is 17.8 Å². The average Bonchev–Trinajstić information content (AvgIpc) is 3.59. The van der Waals surface area contributed by atoms with Crippen molar-refractivity contribution in [3.63, 3.8) is 0 Å². The molecule has 0 aromatic heterocycles. The van der Waals surface area contributed by atoms with Gasteiger partial charge in [0.05, 0.1) is 43.2 Å². The zero-order valence-electron chi connectivity index (χ0n) is 36.4. The Morgan fingerprint density at radius 1 is 1.02 bits per heavy atom. The number of carboxylic acid groups (broad SMARTS) is 1. The van der Waals surface area contributed by atoms with Gasteiger partial charge in [-0.05, 0) is 95.1 Å². The first-order chi connectivity index (χ1) is 28.3. The Morgan fingerprint density at radius 2 is 1.77 bits per heavy atom. The van der Waals surface area contributed by atoms with Crippen molar-refractivity contribution >= 4 is 11.9 Å². The number of carbonyl (C=O) groups is 2. The molecule has 0 radical (unpaired) electrons. The van der Waals surface area contributed by atoms with Crippen molar-refractivity contribution in [2.75, 3.05) is 6.61 Å². The summed E-state index contributed by atoms with van der Waals surface area (Å²) in [6, 6.07) is 0. The summed E-state index contributed by atoms with van der Waals surface area (Å²) in [7, 11) is 0. The summed E-state index contributed by atoms with van der Waals surface area (Å²) in [6.45, 7) is 15.8. The zero-order chi connectivity index (χ0) is 43.2. The lowest BCUT2D eigenvalue weighted by Crippen LogP contribution is -2.60. The third-order valence-electron chi connectivity index (χ3n) is 14.3. The second kappa shape index (κ2) is 18.1. The van der Waals surface area contributed by atoms with Crippen LogP contribution in [0.2, 0.25) is 0 Å². The highest BCUT2D eigenvalue weighted by atomic mass is 16.7. The van der Waals surface area contributed by atoms with Crippen molar-refractivity contribution in [3.8, 4) is 0 Å². The molecule has 0 aliphatic carbocycles. The van der Waals surface area contributed by atoms with Gasteiger partial charge in [0.15, 0.2) is 23.3 Å². The smallest absolute Gasteiger partial charge is 0.335 e. The lowest BCUT2D eigenvalue weighted by Gasteiger charge is -2.50. The Morgan fingerprint density at radius 3 is 2.48 bits per heavy atom. The molecule has 7 aliphatic rings. The van der Waals surface area contributed by atoms with E-state index in [0.29, 0.717) is 62.9 Å². The van der Waals surface area contributed by atoms with E-state index < -0.39 is 77.6 Å². The summed E-state index contributed by atoms with van der Waals surface area (Å²) in [4.78, 5) is 23.9. The molecule has 0 aromatic carbocycles. The van der Waals surface area contributed by atoms with Gasteiger partial charge in [-0.2, -0.15) is 0 Å². The number of esters is 1. The van der Waals surface area contributed by atoms with E-state index in [1.807, 2.05) is 26.0 Å². The highest BCUT2D eigenvalue weighted by Crippen LogP contribution is 2.48. The number of fused-ring (bicyclic) bond motifs is 1. The monoisotopic (exact) mass is 846 g/mol. The second-order valence-corrected chi connectivity index (χ2v) is 19.5. The largest absolute Gasteiger partial charge is 0.479 e. The van der Waals surface area contributed by atoms with Gasteiger partial charge in [0.2, 0.25) is 5.79 Å². The van der Waals surface area contributed by atoms with E-state index in [9.17, 15) is 30.0 Å². The van der Waals surface area contributed by atoms with Gasteiger partial charge in [-0.1, -0.05) is 45.1 Å². The van der Waals surface area contributed by atoms with Crippen LogP contribution in [0.15, 0.2) is 36.0 Å². The molecule has 3 spiro atoms. The molecule has 60 heavy (non-hydrogen) atoms. The number of aliphatic hydroxyl groups excluding tert-OH is 2. The van der Waals surface area contributed by atoms with Gasteiger partial charge in [0.1, 0.15) is 18.3 Å². The Labute approximate surface area is 354 Å². The van der Waals surface area contributed by atoms with Gasteiger partial charge in [-0.15, -0.1) is 0 Å². The number of rotatable bonds is 11. The molecule has 4 N–H and O–H groups in total. The van der Waals surface area contributed by atoms with Crippen LogP contribution in [0.1, 0.15) is 131 Å². The van der Waals surface area contributed by atoms with Crippen molar-refractivity contribution < 1.29 is 67.9 Å². The van der Waals surface area contributed by atoms with E-state index in [1.165, 1.54) is 13.8 Å². The third kappa shape index (κ3) is 9.78. The Bertz CT molecular complexity index is 1620. The molecule has 0 aromatic rings. The molecule has 17 atom stereocenters. The second-order valence-electron chi connectivity index (χ2n) is 19.5. The van der Waals surface area contributed by atoms with Crippen LogP contribution >= 0.6 is 0 Å². The third-order valence-corrected chi connectivity index (χ3v) is 14.3. The number of aliphatic hydroxyl groups is 3. The predicted octanol–water partition coefficient (Wildman–Crippen LogP) is 5.78. The molecule has 338 valence electrons. The predicted molar refractivity (Wildman–Crippen MR) is 217 cm³/mol. The summed E-state index contributed by atoms with van der Waals surface area (Å²) in [6.07, 6.45) is 9.27. The van der Waals surface area contributed by atoms with Gasteiger partial charge >= 0.3 is 11.9 Å². The molecular formula is C46H70O14. The lowest BCUT2D eigenvalue weighted by atomic mass is 9.79. The Hall–Kier alpha value is -2.24. The maximum Gasteiger partial charge on any atom is 0.335 e. The van der Waals surface area contributed by atoms with E-state index in [1.54, 1.807) is 0 Å². The van der Waals surface area contributed by atoms with Crippen molar-refractivity contribution in [1.82, 2.24) is 0 Å². The van der Waals surface area contributed by atoms with Gasteiger partial charge < -0.3 is 58.3 Å². The maximum atomic E-state index is 12.2. The van der Waals surface area contributed by atoms with E-state index in [2.05, 4.69) is 26.5 Å². The van der Waals surface area contributed by atoms with Gasteiger partial charge in [-0.3, -0.25) is 4.79 Å². The van der Waals surface area contributed by atoms with Crippen molar-refractivity contribution in [2.45, 2.75) is 215 Å². The van der Waals surface area contributed by atoms with E-state index >= 15 is 0 Å². The van der Waals surface area contributed by atoms with Crippen LogP contribution in [0.25, 0.3) is 0 Å². The molecule has 14 nitrogen and oxygen atoms in total. The topological polar surface area (TPSA) is 189 Å². The number of hydrogen-bond donors (Lipinski definition) is 4. The molecule has 0 bridgehead atoms. The quantitative estimate of drug-likeness (QED) is 0.145. The standard InChI is InChI=1S/C46H70O14/c1-26-22-36(58-46(24-26)37(54-31(6)47)13-12-33(57-46)25-43(7,52)42(50)51)27(2)10-11-32-15-19-45(56-32)20-16-35-41(60-45)38(49)30(5)40(55-35)34(48)23-29(4)39-28(3)14-18-44(59-39)17-8-9-21-53-44/h10-11,24,27-29,32-41,48-49,52H,5,8-9,12-23,25H2,1-4,6-7H3,(H,50,51)/t27-,28-,29+,32+,33+,34+,35-,36+,37-,38-,39+,40+,41-,43-,44+,45-,46-/m1/s1. The molecule has 7 rings (SSSR count). The fourth-order valence-corrected chi connectivity index (χ4v) is 10.9. The molecule has 0 amide bonds. The first kappa shape index (κ1) is 45.8. The molecular weight excluding hydrogens is 776 g/mol. The minimum atomic E-state index is -2.00. The van der Waals surface area contributed by atoms with Gasteiger partial charge in [0.25, 0.3) is 0 Å². The highest BCUT2D eigenvalue weighted by Gasteiger charge is 2.55. The SMILES string of the molecule is C=C1[C@@H](O)[C@@H]2O[C@]3(CC[C@H](C=C[C@@H](C)[C@@H]4CC(C)=C[C@@]5(O[C@H](C[C@@](C)(O)C(=O)O)CC[C@H]5OC(C)=O)O4)O3)CC[C@H]2O[C@@H]1[C@@H](O)C[C@H](C)[C@H]1O[C@@]2(CCCCO2)CC[C@H]1C. The van der Waals surface area contributed by atoms with Crippen molar-refractivity contribution in [3.05, 3.63) is 36.0 Å². The Kier molecular flexibility index (Phi) is 13.8. The minimum Gasteiger partial charge on any atom is -0.479 e. The maximum absolute atomic E-state index is 12.2. The fourth-order valence-electron chi connectivity index (χ4n) is 10.9. The lowest BCUT2D eigenvalue weighted by molar-refractivity contribution is -0.322. The van der Waals surface area contributed by atoms with Crippen LogP contribution in [-0.4, -0.2) is 123 Å². The first-order valence-corrected chi connectivity index (χ1v) is 22.5. The van der Waals surface area contributed by atoms with Gasteiger partial charge in [0, 0.05) is 44.9 Å². The summed E-state index contributed by atoms with van der Waals surface area (Å²) in [5, 5.41) is 43.2. The normalized spacial score (nSPS) is 43.6. The van der Waals surface area contributed by atoms with Crippen LogP contribution in [-0.2, 0) is 47.5 Å². The van der Waals surface area contributed by atoms with E-state index in [-0.39, 0.29) is 36.6 Å². The zero-order valence-corrected chi connectivity index (χ0v) is 36.4. The molecule has 7 heterocycles. The molecule has 6 saturated heterocycles. The highest BCUT2D eigenvalue weighted by molar-refractivity contribution is 5.76. The van der Waals surface area contributed by atoms with E-state index in [0.717, 1.165) is 44.3 Å². The van der Waals surface area contributed by atoms with Crippen LogP contribution in [0.3, 0.4) is 0 Å². The average molecular weight is 847 g/mol. The van der Waals surface area contributed by atoms with Crippen molar-refractivity contribution in [2.24, 2.45) is 17.8 Å². The number of hydrogen-bond acceptors (Lipinski definition) is 13. The molecule has 0 saturated carbocycles. The Balaban J connectivity index is 0.940. The van der Waals surface area contributed by atoms with Crippen LogP contribution < -0.4 is 0 Å². The summed E-state index contributed by atoms with van der Waals surface area (Å²) < 4.78 is 51.3. The number of carboxylic acids is 1. The van der Waals surface area contributed by atoms with E-state index in [4.69, 9.17) is 37.9 Å². The van der Waals surface area contributed by atoms with Crippen LogP contribution in [0.5, 0.6) is 0 Å². The molecule has 6 fully saturated rings. The first-order valence-electron chi connectivity index (χ1n) is 22.5. The fraction of sp³-hybridized carbons (Fsp3) is 0.826. The molecule has 7 aliphatic heterocycles.